The molecule has 0 saturated heterocycles. The van der Waals surface area contributed by atoms with E-state index >= 15 is 0 Å². The van der Waals surface area contributed by atoms with Crippen molar-refractivity contribution in [3.63, 3.8) is 0 Å². The summed E-state index contributed by atoms with van der Waals surface area (Å²) in [6.07, 6.45) is 2.05. The summed E-state index contributed by atoms with van der Waals surface area (Å²) >= 11 is 0. The molecule has 0 bridgehead atoms. The van der Waals surface area contributed by atoms with Gasteiger partial charge in [0.15, 0.2) is 0 Å². The summed E-state index contributed by atoms with van der Waals surface area (Å²) in [5, 5.41) is 0. The molecule has 0 aliphatic heterocycles. The van der Waals surface area contributed by atoms with Crippen LogP contribution in [0.2, 0.25) is 0 Å². The predicted octanol–water partition coefficient (Wildman–Crippen LogP) is 3.73. The Morgan fingerprint density at radius 3 is 2.75 bits per heavy atom. The average molecular weight is 222 g/mol. The van der Waals surface area contributed by atoms with Crippen LogP contribution in [0.4, 0.5) is 4.39 Å². The summed E-state index contributed by atoms with van der Waals surface area (Å²) in [5.74, 6) is 0.0393. The van der Waals surface area contributed by atoms with E-state index in [-0.39, 0.29) is 12.0 Å². The van der Waals surface area contributed by atoms with Crippen molar-refractivity contribution in [2.75, 3.05) is 0 Å². The quantitative estimate of drug-likeness (QED) is 0.757. The third-order valence-corrected chi connectivity index (χ3v) is 3.43. The van der Waals surface area contributed by atoms with Crippen molar-refractivity contribution < 1.29 is 9.13 Å². The minimum absolute atomic E-state index is 0.0393. The smallest absolute Gasteiger partial charge is 0.105 e. The summed E-state index contributed by atoms with van der Waals surface area (Å²) < 4.78 is 19.3. The molecule has 1 aromatic rings. The Morgan fingerprint density at radius 2 is 2.00 bits per heavy atom. The highest BCUT2D eigenvalue weighted by atomic mass is 19.1. The lowest BCUT2D eigenvalue weighted by Crippen LogP contribution is -2.33. The van der Waals surface area contributed by atoms with Gasteiger partial charge in [0.05, 0.1) is 12.7 Å². The molecule has 0 amide bonds. The fraction of sp³-hybridized carbons (Fsp3) is 0.571. The van der Waals surface area contributed by atoms with Crippen LogP contribution < -0.4 is 0 Å². The summed E-state index contributed by atoms with van der Waals surface area (Å²) in [5.41, 5.74) is 1.16. The standard InChI is InChI=1S/C14H19FO/c1-11-13(15)8-5-9-14(11)16-10-12-6-3-2-4-7-12/h2-4,6-7,11,13-14H,5,8-10H2,1H3/t11-,13+,14-/m0/s1. The highest BCUT2D eigenvalue weighted by molar-refractivity contribution is 5.13. The highest BCUT2D eigenvalue weighted by Crippen LogP contribution is 2.29. The summed E-state index contributed by atoms with van der Waals surface area (Å²) in [7, 11) is 0. The van der Waals surface area contributed by atoms with E-state index in [4.69, 9.17) is 4.74 Å². The second kappa shape index (κ2) is 5.44. The first kappa shape index (κ1) is 11.6. The molecule has 2 heteroatoms. The first-order chi connectivity index (χ1) is 7.77. The number of hydrogen-bond acceptors (Lipinski definition) is 1. The Morgan fingerprint density at radius 1 is 1.25 bits per heavy atom. The number of benzene rings is 1. The van der Waals surface area contributed by atoms with Gasteiger partial charge in [-0.3, -0.25) is 0 Å². The third-order valence-electron chi connectivity index (χ3n) is 3.43. The van der Waals surface area contributed by atoms with Gasteiger partial charge in [0.25, 0.3) is 0 Å². The molecule has 0 radical (unpaired) electrons. The molecule has 0 N–H and O–H groups in total. The molecule has 1 aliphatic carbocycles. The van der Waals surface area contributed by atoms with Crippen molar-refractivity contribution in [3.8, 4) is 0 Å². The van der Waals surface area contributed by atoms with Crippen LogP contribution in [-0.4, -0.2) is 12.3 Å². The van der Waals surface area contributed by atoms with Gasteiger partial charge in [-0.15, -0.1) is 0 Å². The molecule has 0 heterocycles. The second-order valence-corrected chi connectivity index (χ2v) is 4.64. The number of ether oxygens (including phenoxy) is 1. The van der Waals surface area contributed by atoms with E-state index in [1.165, 1.54) is 0 Å². The largest absolute Gasteiger partial charge is 0.373 e. The van der Waals surface area contributed by atoms with Crippen molar-refractivity contribution in [1.29, 1.82) is 0 Å². The van der Waals surface area contributed by atoms with Crippen LogP contribution in [0.3, 0.4) is 0 Å². The topological polar surface area (TPSA) is 9.23 Å². The van der Waals surface area contributed by atoms with E-state index in [1.807, 2.05) is 37.3 Å². The molecule has 1 fully saturated rings. The van der Waals surface area contributed by atoms with Gasteiger partial charge in [0, 0.05) is 5.92 Å². The van der Waals surface area contributed by atoms with Crippen LogP contribution in [0.1, 0.15) is 31.7 Å². The van der Waals surface area contributed by atoms with Crippen molar-refractivity contribution in [1.82, 2.24) is 0 Å². The van der Waals surface area contributed by atoms with Crippen molar-refractivity contribution in [2.45, 2.75) is 45.1 Å². The maximum absolute atomic E-state index is 13.5. The molecule has 1 saturated carbocycles. The zero-order chi connectivity index (χ0) is 11.4. The molecule has 16 heavy (non-hydrogen) atoms. The first-order valence-electron chi connectivity index (χ1n) is 6.07. The lowest BCUT2D eigenvalue weighted by molar-refractivity contribution is -0.0432. The summed E-state index contributed by atoms with van der Waals surface area (Å²) in [6.45, 7) is 2.56. The lowest BCUT2D eigenvalue weighted by atomic mass is 9.86. The number of alkyl halides is 1. The average Bonchev–Trinajstić information content (AvgIpc) is 2.32. The van der Waals surface area contributed by atoms with E-state index in [0.29, 0.717) is 13.0 Å². The normalized spacial score (nSPS) is 30.2. The van der Waals surface area contributed by atoms with Gasteiger partial charge in [0.1, 0.15) is 6.17 Å². The molecule has 3 atom stereocenters. The minimum Gasteiger partial charge on any atom is -0.373 e. The predicted molar refractivity (Wildman–Crippen MR) is 62.9 cm³/mol. The van der Waals surface area contributed by atoms with Gasteiger partial charge < -0.3 is 4.74 Å². The fourth-order valence-electron chi connectivity index (χ4n) is 2.29. The summed E-state index contributed by atoms with van der Waals surface area (Å²) in [4.78, 5) is 0. The van der Waals surface area contributed by atoms with E-state index in [2.05, 4.69) is 0 Å². The second-order valence-electron chi connectivity index (χ2n) is 4.64. The number of rotatable bonds is 3. The molecule has 1 aromatic carbocycles. The van der Waals surface area contributed by atoms with E-state index in [0.717, 1.165) is 18.4 Å². The van der Waals surface area contributed by atoms with Crippen LogP contribution in [0.15, 0.2) is 30.3 Å². The van der Waals surface area contributed by atoms with Crippen molar-refractivity contribution in [3.05, 3.63) is 35.9 Å². The van der Waals surface area contributed by atoms with Crippen molar-refractivity contribution >= 4 is 0 Å². The van der Waals surface area contributed by atoms with Gasteiger partial charge in [-0.2, -0.15) is 0 Å². The Bertz CT molecular complexity index is 312. The molecule has 0 aromatic heterocycles. The van der Waals surface area contributed by atoms with Gasteiger partial charge >= 0.3 is 0 Å². The Balaban J connectivity index is 1.85. The Hall–Kier alpha value is -0.890. The van der Waals surface area contributed by atoms with E-state index < -0.39 is 6.17 Å². The van der Waals surface area contributed by atoms with Gasteiger partial charge in [0.2, 0.25) is 0 Å². The van der Waals surface area contributed by atoms with Crippen LogP contribution in [0.5, 0.6) is 0 Å². The van der Waals surface area contributed by atoms with Crippen molar-refractivity contribution in [2.24, 2.45) is 5.92 Å². The molecule has 1 nitrogen and oxygen atoms in total. The SMILES string of the molecule is C[C@H]1[C@H](F)CCC[C@@H]1OCc1ccccc1. The molecular formula is C14H19FO. The van der Waals surface area contributed by atoms with E-state index in [1.54, 1.807) is 0 Å². The minimum atomic E-state index is -0.686. The molecule has 0 spiro atoms. The maximum Gasteiger partial charge on any atom is 0.105 e. The van der Waals surface area contributed by atoms with Gasteiger partial charge in [-0.25, -0.2) is 4.39 Å². The van der Waals surface area contributed by atoms with Crippen LogP contribution in [0, 0.1) is 5.92 Å². The van der Waals surface area contributed by atoms with Crippen LogP contribution >= 0.6 is 0 Å². The maximum atomic E-state index is 13.5. The monoisotopic (exact) mass is 222 g/mol. The number of halogens is 1. The van der Waals surface area contributed by atoms with Crippen LogP contribution in [-0.2, 0) is 11.3 Å². The molecule has 88 valence electrons. The lowest BCUT2D eigenvalue weighted by Gasteiger charge is -2.31. The summed E-state index contributed by atoms with van der Waals surface area (Å²) in [6, 6.07) is 10.1. The third kappa shape index (κ3) is 2.82. The number of hydrogen-bond donors (Lipinski definition) is 0. The Labute approximate surface area is 96.6 Å². The fourth-order valence-corrected chi connectivity index (χ4v) is 2.29. The molecule has 0 unspecified atom stereocenters. The Kier molecular flexibility index (Phi) is 3.94. The van der Waals surface area contributed by atoms with Gasteiger partial charge in [-0.1, -0.05) is 37.3 Å². The van der Waals surface area contributed by atoms with Crippen LogP contribution in [0.25, 0.3) is 0 Å². The van der Waals surface area contributed by atoms with E-state index in [9.17, 15) is 4.39 Å². The highest BCUT2D eigenvalue weighted by Gasteiger charge is 2.30. The molecule has 2 rings (SSSR count). The zero-order valence-corrected chi connectivity index (χ0v) is 9.73. The molecular weight excluding hydrogens is 203 g/mol. The first-order valence-corrected chi connectivity index (χ1v) is 6.07. The zero-order valence-electron chi connectivity index (χ0n) is 9.73. The van der Waals surface area contributed by atoms with Gasteiger partial charge in [-0.05, 0) is 24.8 Å². The molecule has 1 aliphatic rings.